The second-order valence-corrected chi connectivity index (χ2v) is 7.09. The molecule has 2 fully saturated rings. The lowest BCUT2D eigenvalue weighted by atomic mass is 10.0. The zero-order valence-electron chi connectivity index (χ0n) is 14.4. The summed E-state index contributed by atoms with van der Waals surface area (Å²) in [5.74, 6) is -0.0433. The maximum Gasteiger partial charge on any atom is 0.225 e. The maximum atomic E-state index is 12.5. The molecule has 2 atom stereocenters. The number of piperidine rings is 1. The minimum absolute atomic E-state index is 0.0471. The number of amides is 2. The molecular formula is C19H27N3O2. The molecule has 5 heteroatoms. The monoisotopic (exact) mass is 329 g/mol. The zero-order chi connectivity index (χ0) is 16.9. The number of benzene rings is 1. The van der Waals surface area contributed by atoms with Crippen molar-refractivity contribution in [2.24, 2.45) is 5.92 Å². The van der Waals surface area contributed by atoms with Crippen LogP contribution in [0.5, 0.6) is 0 Å². The summed E-state index contributed by atoms with van der Waals surface area (Å²) in [5, 5.41) is 3.15. The number of rotatable bonds is 5. The van der Waals surface area contributed by atoms with Gasteiger partial charge < -0.3 is 15.1 Å². The fourth-order valence-corrected chi connectivity index (χ4v) is 3.68. The Morgan fingerprint density at radius 2 is 2.04 bits per heavy atom. The van der Waals surface area contributed by atoms with Crippen molar-refractivity contribution >= 4 is 11.8 Å². The molecule has 0 aliphatic carbocycles. The van der Waals surface area contributed by atoms with Crippen LogP contribution >= 0.6 is 0 Å². The van der Waals surface area contributed by atoms with Crippen LogP contribution < -0.4 is 5.32 Å². The molecule has 2 amide bonds. The predicted molar refractivity (Wildman–Crippen MR) is 93.5 cm³/mol. The first-order valence-corrected chi connectivity index (χ1v) is 8.92. The summed E-state index contributed by atoms with van der Waals surface area (Å²) in [4.78, 5) is 28.8. The third kappa shape index (κ3) is 4.35. The van der Waals surface area contributed by atoms with Crippen molar-refractivity contribution in [3.8, 4) is 0 Å². The molecule has 1 aromatic carbocycles. The molecule has 0 bridgehead atoms. The molecular weight excluding hydrogens is 302 g/mol. The van der Waals surface area contributed by atoms with Gasteiger partial charge in [0.2, 0.25) is 11.8 Å². The summed E-state index contributed by atoms with van der Waals surface area (Å²) in [5.41, 5.74) is 1.23. The fourth-order valence-electron chi connectivity index (χ4n) is 3.68. The van der Waals surface area contributed by atoms with Crippen LogP contribution in [0.1, 0.15) is 24.8 Å². The van der Waals surface area contributed by atoms with E-state index < -0.39 is 0 Å². The predicted octanol–water partition coefficient (Wildman–Crippen LogP) is 1.29. The topological polar surface area (TPSA) is 52.7 Å². The Bertz CT molecular complexity index is 575. The number of hydrogen-bond donors (Lipinski definition) is 1. The van der Waals surface area contributed by atoms with E-state index in [-0.39, 0.29) is 23.8 Å². The molecule has 24 heavy (non-hydrogen) atoms. The number of likely N-dealkylation sites (N-methyl/N-ethyl adjacent to an activating group) is 1. The Morgan fingerprint density at radius 3 is 2.79 bits per heavy atom. The van der Waals surface area contributed by atoms with Gasteiger partial charge in [0.15, 0.2) is 0 Å². The molecule has 5 nitrogen and oxygen atoms in total. The summed E-state index contributed by atoms with van der Waals surface area (Å²) < 4.78 is 0. The molecule has 1 aromatic rings. The van der Waals surface area contributed by atoms with Gasteiger partial charge in [-0.3, -0.25) is 9.59 Å². The van der Waals surface area contributed by atoms with Crippen molar-refractivity contribution in [3.63, 3.8) is 0 Å². The lowest BCUT2D eigenvalue weighted by molar-refractivity contribution is -0.129. The van der Waals surface area contributed by atoms with E-state index in [1.54, 1.807) is 0 Å². The van der Waals surface area contributed by atoms with Gasteiger partial charge in [-0.1, -0.05) is 30.3 Å². The molecule has 0 radical (unpaired) electrons. The van der Waals surface area contributed by atoms with Crippen molar-refractivity contribution in [2.75, 3.05) is 33.2 Å². The van der Waals surface area contributed by atoms with Crippen LogP contribution in [0.15, 0.2) is 30.3 Å². The van der Waals surface area contributed by atoms with E-state index in [4.69, 9.17) is 0 Å². The number of nitrogens with zero attached hydrogens (tertiary/aromatic N) is 2. The smallest absolute Gasteiger partial charge is 0.225 e. The third-order valence-corrected chi connectivity index (χ3v) is 5.07. The summed E-state index contributed by atoms with van der Waals surface area (Å²) in [6.45, 7) is 3.25. The Balaban J connectivity index is 1.47. The summed E-state index contributed by atoms with van der Waals surface area (Å²) in [7, 11) is 2.09. The van der Waals surface area contributed by atoms with Crippen molar-refractivity contribution in [1.82, 2.24) is 15.1 Å². The molecule has 0 spiro atoms. The minimum Gasteiger partial charge on any atom is -0.352 e. The number of carbonyl (C=O) groups excluding carboxylic acids is 2. The van der Waals surface area contributed by atoms with E-state index in [1.165, 1.54) is 5.56 Å². The molecule has 2 aliphatic heterocycles. The highest BCUT2D eigenvalue weighted by molar-refractivity contribution is 5.89. The fraction of sp³-hybridized carbons (Fsp3) is 0.579. The van der Waals surface area contributed by atoms with Gasteiger partial charge in [-0.15, -0.1) is 0 Å². The average molecular weight is 329 g/mol. The summed E-state index contributed by atoms with van der Waals surface area (Å²) in [6, 6.07) is 10.4. The van der Waals surface area contributed by atoms with Crippen LogP contribution in [0.25, 0.3) is 0 Å². The quantitative estimate of drug-likeness (QED) is 0.886. The summed E-state index contributed by atoms with van der Waals surface area (Å²) >= 11 is 0. The van der Waals surface area contributed by atoms with Crippen molar-refractivity contribution in [3.05, 3.63) is 35.9 Å². The second-order valence-electron chi connectivity index (χ2n) is 7.09. The van der Waals surface area contributed by atoms with Gasteiger partial charge in [0.25, 0.3) is 0 Å². The molecule has 2 aliphatic rings. The van der Waals surface area contributed by atoms with E-state index in [2.05, 4.69) is 29.4 Å². The van der Waals surface area contributed by atoms with Gasteiger partial charge in [-0.25, -0.2) is 0 Å². The van der Waals surface area contributed by atoms with E-state index >= 15 is 0 Å². The van der Waals surface area contributed by atoms with E-state index in [1.807, 2.05) is 23.1 Å². The number of carbonyl (C=O) groups is 2. The van der Waals surface area contributed by atoms with Crippen LogP contribution in [-0.4, -0.2) is 60.9 Å². The standard InChI is InChI=1S/C19H27N3O2/c1-21-10-5-8-17(14-21)20-19(24)16-12-18(23)22(13-16)11-9-15-6-3-2-4-7-15/h2-4,6-7,16-17H,5,8-14H2,1H3,(H,20,24)/t16-,17-/m1/s1. The van der Waals surface area contributed by atoms with Gasteiger partial charge in [0, 0.05) is 32.1 Å². The zero-order valence-corrected chi connectivity index (χ0v) is 14.4. The first-order chi connectivity index (χ1) is 11.6. The van der Waals surface area contributed by atoms with Gasteiger partial charge in [0.05, 0.1) is 5.92 Å². The van der Waals surface area contributed by atoms with Gasteiger partial charge in [-0.05, 0) is 38.4 Å². The van der Waals surface area contributed by atoms with E-state index in [0.29, 0.717) is 19.5 Å². The van der Waals surface area contributed by atoms with E-state index in [0.717, 1.165) is 32.4 Å². The number of likely N-dealkylation sites (tertiary alicyclic amines) is 2. The highest BCUT2D eigenvalue weighted by Crippen LogP contribution is 2.19. The minimum atomic E-state index is -0.194. The Hall–Kier alpha value is -1.88. The lowest BCUT2D eigenvalue weighted by Gasteiger charge is -2.30. The Labute approximate surface area is 144 Å². The molecule has 2 saturated heterocycles. The Morgan fingerprint density at radius 1 is 1.25 bits per heavy atom. The van der Waals surface area contributed by atoms with Gasteiger partial charge in [0.1, 0.15) is 0 Å². The molecule has 0 saturated carbocycles. The molecule has 0 aromatic heterocycles. The third-order valence-electron chi connectivity index (χ3n) is 5.07. The van der Waals surface area contributed by atoms with Crippen LogP contribution in [-0.2, 0) is 16.0 Å². The van der Waals surface area contributed by atoms with Crippen LogP contribution in [0, 0.1) is 5.92 Å². The first-order valence-electron chi connectivity index (χ1n) is 8.92. The highest BCUT2D eigenvalue weighted by Gasteiger charge is 2.35. The molecule has 3 rings (SSSR count). The molecule has 1 N–H and O–H groups in total. The normalized spacial score (nSPS) is 25.0. The molecule has 0 unspecified atom stereocenters. The second kappa shape index (κ2) is 7.79. The van der Waals surface area contributed by atoms with E-state index in [9.17, 15) is 9.59 Å². The van der Waals surface area contributed by atoms with Crippen molar-refractivity contribution < 1.29 is 9.59 Å². The van der Waals surface area contributed by atoms with Crippen LogP contribution in [0.3, 0.4) is 0 Å². The Kier molecular flexibility index (Phi) is 5.51. The number of hydrogen-bond acceptors (Lipinski definition) is 3. The number of nitrogens with one attached hydrogen (secondary N) is 1. The highest BCUT2D eigenvalue weighted by atomic mass is 16.2. The first kappa shape index (κ1) is 17.0. The van der Waals surface area contributed by atoms with Gasteiger partial charge >= 0.3 is 0 Å². The molecule has 130 valence electrons. The largest absolute Gasteiger partial charge is 0.352 e. The lowest BCUT2D eigenvalue weighted by Crippen LogP contribution is -2.48. The summed E-state index contributed by atoms with van der Waals surface area (Å²) in [6.07, 6.45) is 3.35. The van der Waals surface area contributed by atoms with Crippen molar-refractivity contribution in [2.45, 2.75) is 31.7 Å². The van der Waals surface area contributed by atoms with Crippen molar-refractivity contribution in [1.29, 1.82) is 0 Å². The average Bonchev–Trinajstić information content (AvgIpc) is 2.95. The molecule has 2 heterocycles. The van der Waals surface area contributed by atoms with Crippen LogP contribution in [0.2, 0.25) is 0 Å². The van der Waals surface area contributed by atoms with Gasteiger partial charge in [-0.2, -0.15) is 0 Å². The maximum absolute atomic E-state index is 12.5. The SMILES string of the molecule is CN1CCC[C@@H](NC(=O)[C@@H]2CC(=O)N(CCc3ccccc3)C2)C1. The van der Waals surface area contributed by atoms with Crippen LogP contribution in [0.4, 0.5) is 0 Å².